The minimum absolute atomic E-state index is 0.128. The molecule has 0 bridgehead atoms. The average Bonchev–Trinajstić information content (AvgIpc) is 2.63. The van der Waals surface area contributed by atoms with Crippen LogP contribution < -0.4 is 10.1 Å². The topological polar surface area (TPSA) is 74.2 Å². The van der Waals surface area contributed by atoms with Gasteiger partial charge in [-0.3, -0.25) is 4.99 Å². The van der Waals surface area contributed by atoms with E-state index in [1.54, 1.807) is 21.0 Å². The second-order valence-electron chi connectivity index (χ2n) is 5.98. The standard InChI is InChI=1S/C18H32N4O3S/c1-6-25-17-11-9-16(10-12-17)15-21(4)18(19-3)20-13-8-14-22(5)26(23,24)7-2/h9-12H,6-8,13-15H2,1-5H3,(H,19,20). The van der Waals surface area contributed by atoms with E-state index in [1.807, 2.05) is 43.1 Å². The number of aliphatic imine (C=N–C) groups is 1. The molecule has 0 saturated heterocycles. The third kappa shape index (κ3) is 7.21. The van der Waals surface area contributed by atoms with Gasteiger partial charge < -0.3 is 15.0 Å². The molecule has 1 aromatic carbocycles. The van der Waals surface area contributed by atoms with Crippen LogP contribution in [0.2, 0.25) is 0 Å². The van der Waals surface area contributed by atoms with Crippen molar-refractivity contribution in [2.24, 2.45) is 4.99 Å². The molecule has 1 rings (SSSR count). The lowest BCUT2D eigenvalue weighted by atomic mass is 10.2. The van der Waals surface area contributed by atoms with Crippen LogP contribution in [0.1, 0.15) is 25.8 Å². The van der Waals surface area contributed by atoms with E-state index in [2.05, 4.69) is 10.3 Å². The summed E-state index contributed by atoms with van der Waals surface area (Å²) in [6, 6.07) is 8.01. The number of hydrogen-bond acceptors (Lipinski definition) is 4. The predicted octanol–water partition coefficient (Wildman–Crippen LogP) is 1.76. The number of hydrogen-bond donors (Lipinski definition) is 1. The van der Waals surface area contributed by atoms with E-state index in [0.717, 1.165) is 23.8 Å². The fraction of sp³-hybridized carbons (Fsp3) is 0.611. The second-order valence-corrected chi connectivity index (χ2v) is 8.35. The summed E-state index contributed by atoms with van der Waals surface area (Å²) >= 11 is 0. The summed E-state index contributed by atoms with van der Waals surface area (Å²) in [6.45, 7) is 6.14. The van der Waals surface area contributed by atoms with E-state index in [-0.39, 0.29) is 5.75 Å². The first-order valence-corrected chi connectivity index (χ1v) is 10.5. The Morgan fingerprint density at radius 1 is 1.19 bits per heavy atom. The van der Waals surface area contributed by atoms with Crippen molar-refractivity contribution >= 4 is 16.0 Å². The Balaban J connectivity index is 2.45. The van der Waals surface area contributed by atoms with Gasteiger partial charge in [-0.25, -0.2) is 12.7 Å². The normalized spacial score (nSPS) is 12.3. The number of ether oxygens (including phenoxy) is 1. The molecule has 0 fully saturated rings. The van der Waals surface area contributed by atoms with Gasteiger partial charge in [0, 0.05) is 40.8 Å². The van der Waals surface area contributed by atoms with Gasteiger partial charge in [0.05, 0.1) is 12.4 Å². The highest BCUT2D eigenvalue weighted by molar-refractivity contribution is 7.89. The third-order valence-electron chi connectivity index (χ3n) is 4.00. The van der Waals surface area contributed by atoms with Gasteiger partial charge in [-0.2, -0.15) is 0 Å². The Hall–Kier alpha value is -1.80. The molecule has 0 aliphatic rings. The maximum atomic E-state index is 11.7. The quantitative estimate of drug-likeness (QED) is 0.378. The summed E-state index contributed by atoms with van der Waals surface area (Å²) in [5, 5.41) is 3.28. The number of nitrogens with zero attached hydrogens (tertiary/aromatic N) is 3. The largest absolute Gasteiger partial charge is 0.494 e. The van der Waals surface area contributed by atoms with Crippen LogP contribution in [0.5, 0.6) is 5.75 Å². The second kappa shape index (κ2) is 11.0. The van der Waals surface area contributed by atoms with Crippen molar-refractivity contribution in [3.05, 3.63) is 29.8 Å². The highest BCUT2D eigenvalue weighted by Gasteiger charge is 2.14. The lowest BCUT2D eigenvalue weighted by molar-refractivity contribution is 0.340. The van der Waals surface area contributed by atoms with E-state index >= 15 is 0 Å². The molecule has 8 heteroatoms. The molecule has 0 heterocycles. The minimum Gasteiger partial charge on any atom is -0.494 e. The smallest absolute Gasteiger partial charge is 0.213 e. The van der Waals surface area contributed by atoms with E-state index < -0.39 is 10.0 Å². The monoisotopic (exact) mass is 384 g/mol. The first-order valence-electron chi connectivity index (χ1n) is 8.91. The zero-order valence-corrected chi connectivity index (χ0v) is 17.3. The van der Waals surface area contributed by atoms with Gasteiger partial charge in [-0.1, -0.05) is 12.1 Å². The summed E-state index contributed by atoms with van der Waals surface area (Å²) in [4.78, 5) is 6.32. The SMILES string of the molecule is CCOc1ccc(CN(C)C(=NC)NCCCN(C)S(=O)(=O)CC)cc1. The zero-order valence-electron chi connectivity index (χ0n) is 16.5. The minimum atomic E-state index is -3.11. The number of nitrogens with one attached hydrogen (secondary N) is 1. The van der Waals surface area contributed by atoms with E-state index in [4.69, 9.17) is 4.74 Å². The first-order chi connectivity index (χ1) is 12.3. The highest BCUT2D eigenvalue weighted by atomic mass is 32.2. The summed E-state index contributed by atoms with van der Waals surface area (Å²) in [5.74, 6) is 1.77. The van der Waals surface area contributed by atoms with E-state index in [1.165, 1.54) is 4.31 Å². The molecule has 0 atom stereocenters. The molecule has 148 valence electrons. The predicted molar refractivity (Wildman–Crippen MR) is 107 cm³/mol. The van der Waals surface area contributed by atoms with Crippen molar-refractivity contribution in [3.8, 4) is 5.75 Å². The Bertz CT molecular complexity index is 660. The highest BCUT2D eigenvalue weighted by Crippen LogP contribution is 2.13. The molecule has 26 heavy (non-hydrogen) atoms. The Morgan fingerprint density at radius 3 is 2.38 bits per heavy atom. The number of rotatable bonds is 10. The van der Waals surface area contributed by atoms with Gasteiger partial charge in [0.2, 0.25) is 10.0 Å². The summed E-state index contributed by atoms with van der Waals surface area (Å²) in [6.07, 6.45) is 0.714. The van der Waals surface area contributed by atoms with Gasteiger partial charge >= 0.3 is 0 Å². The van der Waals surface area contributed by atoms with Crippen LogP contribution in [-0.2, 0) is 16.6 Å². The van der Waals surface area contributed by atoms with Crippen molar-refractivity contribution in [1.82, 2.24) is 14.5 Å². The molecule has 0 aromatic heterocycles. The summed E-state index contributed by atoms with van der Waals surface area (Å²) in [7, 11) is 2.21. The number of benzene rings is 1. The van der Waals surface area contributed by atoms with Gasteiger partial charge in [0.25, 0.3) is 0 Å². The van der Waals surface area contributed by atoms with Crippen molar-refractivity contribution in [2.75, 3.05) is 46.6 Å². The number of sulfonamides is 1. The number of guanidine groups is 1. The van der Waals surface area contributed by atoms with Crippen LogP contribution in [0, 0.1) is 0 Å². The Morgan fingerprint density at radius 2 is 1.85 bits per heavy atom. The molecule has 0 aliphatic carbocycles. The van der Waals surface area contributed by atoms with Gasteiger partial charge in [0.15, 0.2) is 5.96 Å². The van der Waals surface area contributed by atoms with Crippen LogP contribution in [-0.4, -0.2) is 70.2 Å². The van der Waals surface area contributed by atoms with Gasteiger partial charge in [-0.15, -0.1) is 0 Å². The molecule has 0 aliphatic heterocycles. The van der Waals surface area contributed by atoms with Crippen LogP contribution in [0.3, 0.4) is 0 Å². The molecule has 1 aromatic rings. The van der Waals surface area contributed by atoms with E-state index in [0.29, 0.717) is 26.1 Å². The zero-order chi connectivity index (χ0) is 19.6. The van der Waals surface area contributed by atoms with Crippen LogP contribution in [0.25, 0.3) is 0 Å². The Labute approximate surface area is 158 Å². The van der Waals surface area contributed by atoms with Crippen LogP contribution in [0.15, 0.2) is 29.3 Å². The van der Waals surface area contributed by atoms with Gasteiger partial charge in [-0.05, 0) is 38.0 Å². The fourth-order valence-electron chi connectivity index (χ4n) is 2.45. The molecule has 0 radical (unpaired) electrons. The maximum Gasteiger partial charge on any atom is 0.213 e. The third-order valence-corrected chi connectivity index (χ3v) is 5.86. The lowest BCUT2D eigenvalue weighted by Crippen LogP contribution is -2.40. The molecular formula is C18H32N4O3S. The maximum absolute atomic E-state index is 11.7. The van der Waals surface area contributed by atoms with Crippen molar-refractivity contribution in [2.45, 2.75) is 26.8 Å². The molecule has 7 nitrogen and oxygen atoms in total. The molecule has 0 spiro atoms. The van der Waals surface area contributed by atoms with Crippen LogP contribution >= 0.6 is 0 Å². The molecular weight excluding hydrogens is 352 g/mol. The average molecular weight is 385 g/mol. The lowest BCUT2D eigenvalue weighted by Gasteiger charge is -2.23. The molecule has 0 amide bonds. The van der Waals surface area contributed by atoms with Crippen molar-refractivity contribution < 1.29 is 13.2 Å². The van der Waals surface area contributed by atoms with E-state index in [9.17, 15) is 8.42 Å². The van der Waals surface area contributed by atoms with Crippen molar-refractivity contribution in [3.63, 3.8) is 0 Å². The van der Waals surface area contributed by atoms with Gasteiger partial charge in [0.1, 0.15) is 5.75 Å². The molecule has 0 unspecified atom stereocenters. The molecule has 1 N–H and O–H groups in total. The Kier molecular flexibility index (Phi) is 9.43. The summed E-state index contributed by atoms with van der Waals surface area (Å²) < 4.78 is 30.3. The van der Waals surface area contributed by atoms with Crippen molar-refractivity contribution in [1.29, 1.82) is 0 Å². The fourth-order valence-corrected chi connectivity index (χ4v) is 3.30. The first kappa shape index (κ1) is 22.2. The van der Waals surface area contributed by atoms with Crippen LogP contribution in [0.4, 0.5) is 0 Å². The summed E-state index contributed by atoms with van der Waals surface area (Å²) in [5.41, 5.74) is 1.16. The molecule has 0 saturated carbocycles.